The Morgan fingerprint density at radius 1 is 1.03 bits per heavy atom. The summed E-state index contributed by atoms with van der Waals surface area (Å²) in [6.07, 6.45) is 23.2. The summed E-state index contributed by atoms with van der Waals surface area (Å²) in [5.74, 6) is 0.610. The van der Waals surface area contributed by atoms with Gasteiger partial charge in [-0.15, -0.1) is 0 Å². The first-order valence-corrected chi connectivity index (χ1v) is 10.5. The fourth-order valence-corrected chi connectivity index (χ4v) is 3.36. The smallest absolute Gasteiger partial charge is 0.278 e. The summed E-state index contributed by atoms with van der Waals surface area (Å²) in [6.45, 7) is 19.0. The van der Waals surface area contributed by atoms with E-state index >= 15 is 0 Å². The monoisotopic (exact) mass is 425 g/mol. The molecule has 0 unspecified atom stereocenters. The molecular weight excluding hydrogens is 394 g/mol. The predicted molar refractivity (Wildman–Crippen MR) is 137 cm³/mol. The third-order valence-corrected chi connectivity index (χ3v) is 4.84. The van der Waals surface area contributed by atoms with Gasteiger partial charge in [0, 0.05) is 19.0 Å². The Balaban J connectivity index is 2.75. The van der Waals surface area contributed by atoms with Gasteiger partial charge in [-0.25, -0.2) is 4.98 Å². The Kier molecular flexibility index (Phi) is 9.18. The van der Waals surface area contributed by atoms with Crippen LogP contribution in [0.15, 0.2) is 115 Å². The molecule has 164 valence electrons. The molecule has 0 amide bonds. The fourth-order valence-electron chi connectivity index (χ4n) is 3.36. The zero-order valence-corrected chi connectivity index (χ0v) is 19.0. The number of nitrogens with zero attached hydrogens (tertiary/aromatic N) is 2. The Bertz CT molecular complexity index is 1180. The number of hydrogen-bond acceptors (Lipinski definition) is 2. The molecule has 0 saturated heterocycles. The molecule has 0 aliphatic carbocycles. The van der Waals surface area contributed by atoms with Crippen molar-refractivity contribution in [2.24, 2.45) is 0 Å². The number of aromatic nitrogens is 3. The van der Waals surface area contributed by atoms with Crippen molar-refractivity contribution in [2.75, 3.05) is 0 Å². The second kappa shape index (κ2) is 12.1. The summed E-state index contributed by atoms with van der Waals surface area (Å²) in [4.78, 5) is 21.5. The van der Waals surface area contributed by atoms with Crippen LogP contribution in [-0.2, 0) is 12.8 Å². The Labute approximate surface area is 190 Å². The molecule has 2 rings (SSSR count). The third kappa shape index (κ3) is 5.82. The Morgan fingerprint density at radius 2 is 1.75 bits per heavy atom. The minimum atomic E-state index is -0.142. The van der Waals surface area contributed by atoms with Gasteiger partial charge in [0.15, 0.2) is 5.82 Å². The number of hydrogen-bond donors (Lipinski definition) is 1. The first kappa shape index (κ1) is 24.4. The minimum absolute atomic E-state index is 0.142. The molecule has 32 heavy (non-hydrogen) atoms. The van der Waals surface area contributed by atoms with Gasteiger partial charge >= 0.3 is 0 Å². The highest BCUT2D eigenvalue weighted by atomic mass is 16.1. The molecule has 0 fully saturated rings. The highest BCUT2D eigenvalue weighted by Crippen LogP contribution is 2.22. The van der Waals surface area contributed by atoms with Gasteiger partial charge in [0.1, 0.15) is 5.69 Å². The maximum Gasteiger partial charge on any atom is 0.278 e. The van der Waals surface area contributed by atoms with Crippen LogP contribution < -0.4 is 5.56 Å². The zero-order valence-electron chi connectivity index (χ0n) is 19.0. The molecule has 0 aromatic heterocycles. The Hall–Kier alpha value is -3.92. The van der Waals surface area contributed by atoms with Crippen molar-refractivity contribution in [1.29, 1.82) is 0 Å². The van der Waals surface area contributed by atoms with Crippen LogP contribution >= 0.6 is 0 Å². The molecular formula is C28H31N3O. The van der Waals surface area contributed by atoms with E-state index < -0.39 is 0 Å². The second-order valence-corrected chi connectivity index (χ2v) is 7.05. The molecule has 2 aliphatic heterocycles. The molecule has 4 nitrogen and oxygen atoms in total. The second-order valence-electron chi connectivity index (χ2n) is 7.05. The van der Waals surface area contributed by atoms with Gasteiger partial charge in [-0.2, -0.15) is 0 Å². The van der Waals surface area contributed by atoms with E-state index in [1.807, 2.05) is 56.4 Å². The van der Waals surface area contributed by atoms with Gasteiger partial charge in [0.2, 0.25) is 0 Å². The van der Waals surface area contributed by atoms with Crippen molar-refractivity contribution >= 4 is 5.57 Å². The van der Waals surface area contributed by atoms with E-state index in [4.69, 9.17) is 4.98 Å². The summed E-state index contributed by atoms with van der Waals surface area (Å²) in [5, 5.41) is 0. The molecule has 2 heterocycles. The maximum atomic E-state index is 13.3. The van der Waals surface area contributed by atoms with E-state index in [0.29, 0.717) is 24.4 Å². The lowest BCUT2D eigenvalue weighted by Crippen LogP contribution is -2.18. The van der Waals surface area contributed by atoms with Gasteiger partial charge in [0.05, 0.1) is 11.4 Å². The summed E-state index contributed by atoms with van der Waals surface area (Å²) < 4.78 is 1.62. The van der Waals surface area contributed by atoms with Crippen LogP contribution in [0.2, 0.25) is 0 Å². The molecule has 0 saturated carbocycles. The molecule has 0 aromatic rings. The van der Waals surface area contributed by atoms with E-state index in [0.717, 1.165) is 28.1 Å². The number of aromatic amines is 1. The fraction of sp³-hybridized carbons (Fsp3) is 0.143. The first-order valence-electron chi connectivity index (χ1n) is 10.5. The molecule has 0 spiro atoms. The number of rotatable bonds is 11. The van der Waals surface area contributed by atoms with Crippen molar-refractivity contribution in [3.8, 4) is 5.82 Å². The lowest BCUT2D eigenvalue weighted by Gasteiger charge is -2.14. The van der Waals surface area contributed by atoms with Crippen LogP contribution in [0.4, 0.5) is 0 Å². The first-order chi connectivity index (χ1) is 15.5. The van der Waals surface area contributed by atoms with Crippen molar-refractivity contribution < 1.29 is 0 Å². The minimum Gasteiger partial charge on any atom is -0.354 e. The van der Waals surface area contributed by atoms with Crippen molar-refractivity contribution in [3.05, 3.63) is 138 Å². The standard InChI is InChI=1S/C28H31N3O/c1-7-13-17-23(12-6)26-20-31-27(24(29-26)19-22(15-9-3)16-10-4)30-25(28(31)32)18-21(11-5)14-8-2/h7-17,20,29H,1-3,5,18-19H2,4,6H3/b16-10-,17-13-,21-14+,22-15+,23-12+. The summed E-state index contributed by atoms with van der Waals surface area (Å²) in [5.41, 5.74) is 4.87. The molecule has 0 atom stereocenters. The number of allylic oxidation sites excluding steroid dienone is 14. The van der Waals surface area contributed by atoms with Crippen molar-refractivity contribution in [2.45, 2.75) is 26.7 Å². The van der Waals surface area contributed by atoms with Crippen LogP contribution in [-0.4, -0.2) is 14.5 Å². The molecule has 0 bridgehead atoms. The quantitative estimate of drug-likeness (QED) is 0.435. The van der Waals surface area contributed by atoms with Gasteiger partial charge in [-0.3, -0.25) is 9.36 Å². The van der Waals surface area contributed by atoms with Gasteiger partial charge in [-0.05, 0) is 30.6 Å². The van der Waals surface area contributed by atoms with Crippen LogP contribution in [0.3, 0.4) is 0 Å². The van der Waals surface area contributed by atoms with E-state index in [1.54, 1.807) is 35.1 Å². The van der Waals surface area contributed by atoms with Crippen LogP contribution in [0.1, 0.15) is 30.9 Å². The summed E-state index contributed by atoms with van der Waals surface area (Å²) in [7, 11) is 0. The Morgan fingerprint density at radius 3 is 2.34 bits per heavy atom. The van der Waals surface area contributed by atoms with Crippen molar-refractivity contribution in [3.63, 3.8) is 0 Å². The van der Waals surface area contributed by atoms with Crippen molar-refractivity contribution in [1.82, 2.24) is 14.5 Å². The number of fused-ring (bicyclic) bond motifs is 1. The van der Waals surface area contributed by atoms with Gasteiger partial charge in [0.25, 0.3) is 5.56 Å². The van der Waals surface area contributed by atoms with Gasteiger partial charge in [-0.1, -0.05) is 93.2 Å². The third-order valence-electron chi connectivity index (χ3n) is 4.84. The molecule has 2 aliphatic rings. The highest BCUT2D eigenvalue weighted by Gasteiger charge is 2.20. The summed E-state index contributed by atoms with van der Waals surface area (Å²) in [6, 6.07) is 0. The normalized spacial score (nSPS) is 13.2. The largest absolute Gasteiger partial charge is 0.354 e. The number of H-pyrrole nitrogens is 1. The van der Waals surface area contributed by atoms with E-state index in [-0.39, 0.29) is 5.56 Å². The molecule has 4 heteroatoms. The highest BCUT2D eigenvalue weighted by molar-refractivity contribution is 5.72. The zero-order chi connectivity index (χ0) is 23.5. The lowest BCUT2D eigenvalue weighted by atomic mass is 10.1. The van der Waals surface area contributed by atoms with E-state index in [2.05, 4.69) is 31.3 Å². The number of imidazole rings is 1. The molecule has 0 aromatic carbocycles. The number of nitrogens with one attached hydrogen (secondary N) is 1. The molecule has 1 N–H and O–H groups in total. The average Bonchev–Trinajstić information content (AvgIpc) is 3.10. The molecule has 0 radical (unpaired) electrons. The predicted octanol–water partition coefficient (Wildman–Crippen LogP) is 6.22. The van der Waals surface area contributed by atoms with E-state index in [9.17, 15) is 4.79 Å². The topological polar surface area (TPSA) is 50.7 Å². The lowest BCUT2D eigenvalue weighted by molar-refractivity contribution is 0.900. The van der Waals surface area contributed by atoms with Crippen LogP contribution in [0.25, 0.3) is 11.4 Å². The SMILES string of the molecule is C=C/C=C\C(=C/C)c1cn2c(=O)c(C/C(C=C)=C/C=C)nc-2c(CC(/C=C\C)=C/C=C)[nH]1. The maximum absolute atomic E-state index is 13.3. The average molecular weight is 426 g/mol. The van der Waals surface area contributed by atoms with Crippen LogP contribution in [0, 0.1) is 0 Å². The summed E-state index contributed by atoms with van der Waals surface area (Å²) >= 11 is 0. The van der Waals surface area contributed by atoms with Gasteiger partial charge < -0.3 is 4.98 Å². The van der Waals surface area contributed by atoms with Crippen LogP contribution in [0.5, 0.6) is 0 Å². The van der Waals surface area contributed by atoms with E-state index in [1.165, 1.54) is 0 Å².